The third-order valence-electron chi connectivity index (χ3n) is 4.58. The summed E-state index contributed by atoms with van der Waals surface area (Å²) in [5, 5.41) is 17.0. The maximum atomic E-state index is 10.3. The standard InChI is InChI=1S/C19H18N6O2/c26-17(10-27-14-4-5-14)16-9-20-19-15(23-16)6-7-25(19)13-3-1-2-12(8-13)18-21-11-22-24-18/h1-3,6-9,11,14,17,26H,4-5,10H2,(H,21,22,24)/t17-/m0/s1. The Balaban J connectivity index is 1.45. The first kappa shape index (κ1) is 16.1. The van der Waals surface area contributed by atoms with E-state index >= 15 is 0 Å². The van der Waals surface area contributed by atoms with Gasteiger partial charge in [0.25, 0.3) is 0 Å². The highest BCUT2D eigenvalue weighted by Gasteiger charge is 2.24. The monoisotopic (exact) mass is 362 g/mol. The van der Waals surface area contributed by atoms with E-state index in [-0.39, 0.29) is 6.61 Å². The largest absolute Gasteiger partial charge is 0.384 e. The van der Waals surface area contributed by atoms with Gasteiger partial charge >= 0.3 is 0 Å². The van der Waals surface area contributed by atoms with E-state index in [9.17, 15) is 5.11 Å². The van der Waals surface area contributed by atoms with Crippen LogP contribution in [0.15, 0.2) is 49.1 Å². The highest BCUT2D eigenvalue weighted by Crippen LogP contribution is 2.26. The molecule has 1 fully saturated rings. The number of aliphatic hydroxyl groups is 1. The lowest BCUT2D eigenvalue weighted by Gasteiger charge is -2.11. The number of aromatic amines is 1. The minimum Gasteiger partial charge on any atom is -0.384 e. The summed E-state index contributed by atoms with van der Waals surface area (Å²) in [5.41, 5.74) is 3.85. The van der Waals surface area contributed by atoms with E-state index in [0.29, 0.717) is 17.6 Å². The molecule has 0 amide bonds. The second-order valence-corrected chi connectivity index (χ2v) is 6.62. The molecular formula is C19H18N6O2. The van der Waals surface area contributed by atoms with Crippen molar-refractivity contribution >= 4 is 11.2 Å². The zero-order chi connectivity index (χ0) is 18.2. The van der Waals surface area contributed by atoms with E-state index in [1.807, 2.05) is 41.1 Å². The van der Waals surface area contributed by atoms with Gasteiger partial charge in [0.05, 0.1) is 24.6 Å². The average molecular weight is 362 g/mol. The first-order valence-corrected chi connectivity index (χ1v) is 8.88. The van der Waals surface area contributed by atoms with Crippen LogP contribution < -0.4 is 0 Å². The molecule has 0 bridgehead atoms. The summed E-state index contributed by atoms with van der Waals surface area (Å²) < 4.78 is 7.52. The number of ether oxygens (including phenoxy) is 1. The van der Waals surface area contributed by atoms with Crippen LogP contribution in [0.5, 0.6) is 0 Å². The molecule has 0 aliphatic heterocycles. The molecule has 8 heteroatoms. The quantitative estimate of drug-likeness (QED) is 0.546. The Hall–Kier alpha value is -3.10. The molecule has 3 heterocycles. The number of aromatic nitrogens is 6. The van der Waals surface area contributed by atoms with Crippen LogP contribution in [0.3, 0.4) is 0 Å². The molecule has 3 aromatic heterocycles. The SMILES string of the molecule is O[C@@H](COC1CC1)c1cnc2c(ccn2-c2cccc(-c3ncn[nH]3)c2)n1. The van der Waals surface area contributed by atoms with Gasteiger partial charge in [-0.15, -0.1) is 0 Å². The molecule has 136 valence electrons. The summed E-state index contributed by atoms with van der Waals surface area (Å²) in [6, 6.07) is 9.82. The van der Waals surface area contributed by atoms with Crippen LogP contribution in [0.2, 0.25) is 0 Å². The topological polar surface area (TPSA) is 102 Å². The number of aliphatic hydroxyl groups excluding tert-OH is 1. The maximum Gasteiger partial charge on any atom is 0.163 e. The van der Waals surface area contributed by atoms with E-state index in [1.165, 1.54) is 6.33 Å². The highest BCUT2D eigenvalue weighted by atomic mass is 16.5. The molecular weight excluding hydrogens is 344 g/mol. The molecule has 1 saturated carbocycles. The van der Waals surface area contributed by atoms with Crippen LogP contribution in [0.1, 0.15) is 24.6 Å². The molecule has 27 heavy (non-hydrogen) atoms. The summed E-state index contributed by atoms with van der Waals surface area (Å²) in [4.78, 5) is 13.3. The van der Waals surface area contributed by atoms with E-state index in [0.717, 1.165) is 35.3 Å². The Morgan fingerprint density at radius 3 is 3.00 bits per heavy atom. The number of benzene rings is 1. The number of H-pyrrole nitrogens is 1. The van der Waals surface area contributed by atoms with Gasteiger partial charge in [0.15, 0.2) is 11.5 Å². The molecule has 0 unspecified atom stereocenters. The lowest BCUT2D eigenvalue weighted by atomic mass is 10.2. The van der Waals surface area contributed by atoms with Crippen LogP contribution in [0, 0.1) is 0 Å². The van der Waals surface area contributed by atoms with Crippen molar-refractivity contribution in [3.8, 4) is 17.1 Å². The molecule has 1 atom stereocenters. The Morgan fingerprint density at radius 2 is 2.19 bits per heavy atom. The zero-order valence-corrected chi connectivity index (χ0v) is 14.5. The van der Waals surface area contributed by atoms with Gasteiger partial charge in [0, 0.05) is 17.4 Å². The molecule has 1 aromatic carbocycles. The third kappa shape index (κ3) is 3.20. The third-order valence-corrected chi connectivity index (χ3v) is 4.58. The van der Waals surface area contributed by atoms with Crippen LogP contribution in [0.25, 0.3) is 28.2 Å². The lowest BCUT2D eigenvalue weighted by Crippen LogP contribution is -2.10. The molecule has 0 radical (unpaired) electrons. The second kappa shape index (κ2) is 6.57. The van der Waals surface area contributed by atoms with Crippen molar-refractivity contribution < 1.29 is 9.84 Å². The fourth-order valence-electron chi connectivity index (χ4n) is 2.99. The predicted molar refractivity (Wildman–Crippen MR) is 98.2 cm³/mol. The van der Waals surface area contributed by atoms with Gasteiger partial charge in [-0.2, -0.15) is 5.10 Å². The van der Waals surface area contributed by atoms with Crippen molar-refractivity contribution in [2.75, 3.05) is 6.61 Å². The van der Waals surface area contributed by atoms with Gasteiger partial charge in [-0.3, -0.25) is 9.67 Å². The minimum atomic E-state index is -0.763. The minimum absolute atomic E-state index is 0.255. The smallest absolute Gasteiger partial charge is 0.163 e. The Labute approximate surface area is 154 Å². The van der Waals surface area contributed by atoms with Crippen molar-refractivity contribution in [2.24, 2.45) is 0 Å². The zero-order valence-electron chi connectivity index (χ0n) is 14.5. The Kier molecular flexibility index (Phi) is 3.92. The normalized spacial score (nSPS) is 15.3. The first-order valence-electron chi connectivity index (χ1n) is 8.88. The summed E-state index contributed by atoms with van der Waals surface area (Å²) in [6.07, 6.45) is 6.70. The van der Waals surface area contributed by atoms with Gasteiger partial charge in [-0.25, -0.2) is 15.0 Å². The molecule has 1 aliphatic rings. The van der Waals surface area contributed by atoms with E-state index < -0.39 is 6.10 Å². The fourth-order valence-corrected chi connectivity index (χ4v) is 2.99. The molecule has 0 saturated heterocycles. The van der Waals surface area contributed by atoms with Crippen molar-refractivity contribution in [1.82, 2.24) is 29.7 Å². The van der Waals surface area contributed by atoms with Crippen LogP contribution in [-0.2, 0) is 4.74 Å². The van der Waals surface area contributed by atoms with E-state index in [2.05, 4.69) is 25.1 Å². The summed E-state index contributed by atoms with van der Waals surface area (Å²) in [7, 11) is 0. The van der Waals surface area contributed by atoms with Crippen molar-refractivity contribution in [2.45, 2.75) is 25.0 Å². The molecule has 4 aromatic rings. The van der Waals surface area contributed by atoms with Gasteiger partial charge in [-0.1, -0.05) is 12.1 Å². The average Bonchev–Trinajstić information content (AvgIpc) is 3.19. The van der Waals surface area contributed by atoms with E-state index in [4.69, 9.17) is 4.74 Å². The summed E-state index contributed by atoms with van der Waals surface area (Å²) in [5.74, 6) is 0.709. The number of hydrogen-bond donors (Lipinski definition) is 2. The van der Waals surface area contributed by atoms with Crippen LogP contribution in [0.4, 0.5) is 0 Å². The fraction of sp³-hybridized carbons (Fsp3) is 0.263. The Morgan fingerprint density at radius 1 is 1.26 bits per heavy atom. The van der Waals surface area contributed by atoms with Gasteiger partial charge in [-0.05, 0) is 31.0 Å². The summed E-state index contributed by atoms with van der Waals surface area (Å²) >= 11 is 0. The molecule has 0 spiro atoms. The van der Waals surface area contributed by atoms with Crippen molar-refractivity contribution in [3.05, 3.63) is 54.7 Å². The first-order chi connectivity index (χ1) is 13.3. The molecule has 5 rings (SSSR count). The number of nitrogens with one attached hydrogen (secondary N) is 1. The van der Waals surface area contributed by atoms with Crippen LogP contribution in [-0.4, -0.2) is 47.5 Å². The van der Waals surface area contributed by atoms with Crippen molar-refractivity contribution in [3.63, 3.8) is 0 Å². The predicted octanol–water partition coefficient (Wildman–Crippen LogP) is 2.42. The number of nitrogens with zero attached hydrogens (tertiary/aromatic N) is 5. The number of hydrogen-bond acceptors (Lipinski definition) is 6. The highest BCUT2D eigenvalue weighted by molar-refractivity contribution is 5.74. The molecule has 8 nitrogen and oxygen atoms in total. The molecule has 2 N–H and O–H groups in total. The Bertz CT molecular complexity index is 1070. The lowest BCUT2D eigenvalue weighted by molar-refractivity contribution is 0.0253. The van der Waals surface area contributed by atoms with Gasteiger partial charge in [0.1, 0.15) is 17.9 Å². The summed E-state index contributed by atoms with van der Waals surface area (Å²) in [6.45, 7) is 0.255. The van der Waals surface area contributed by atoms with Crippen molar-refractivity contribution in [1.29, 1.82) is 0 Å². The van der Waals surface area contributed by atoms with Gasteiger partial charge in [0.2, 0.25) is 0 Å². The van der Waals surface area contributed by atoms with E-state index in [1.54, 1.807) is 6.20 Å². The van der Waals surface area contributed by atoms with Gasteiger partial charge < -0.3 is 9.84 Å². The number of rotatable bonds is 6. The maximum absolute atomic E-state index is 10.3. The second-order valence-electron chi connectivity index (χ2n) is 6.62. The molecule has 1 aliphatic carbocycles. The van der Waals surface area contributed by atoms with Crippen LogP contribution >= 0.6 is 0 Å². The number of fused-ring (bicyclic) bond motifs is 1.